The molecule has 0 bridgehead atoms. The molecule has 0 fully saturated rings. The Labute approximate surface area is 119 Å². The van der Waals surface area contributed by atoms with E-state index in [1.165, 1.54) is 23.8 Å². The van der Waals surface area contributed by atoms with E-state index < -0.39 is 5.97 Å². The smallest absolute Gasteiger partial charge is 0.313 e. The van der Waals surface area contributed by atoms with Crippen LogP contribution in [0.2, 0.25) is 0 Å². The van der Waals surface area contributed by atoms with E-state index in [9.17, 15) is 9.18 Å². The van der Waals surface area contributed by atoms with Crippen LogP contribution in [-0.2, 0) is 16.0 Å². The maximum Gasteiger partial charge on any atom is 0.313 e. The summed E-state index contributed by atoms with van der Waals surface area (Å²) in [4.78, 5) is 19.5. The van der Waals surface area contributed by atoms with E-state index in [0.717, 1.165) is 0 Å². The molecule has 3 rings (SSSR count). The first-order chi connectivity index (χ1) is 10.2. The van der Waals surface area contributed by atoms with E-state index >= 15 is 0 Å². The minimum absolute atomic E-state index is 0.0392. The molecular formula is C14H11FN4O2. The maximum absolute atomic E-state index is 13.4. The summed E-state index contributed by atoms with van der Waals surface area (Å²) in [5.41, 5.74) is 1.29. The molecule has 2 aromatic heterocycles. The van der Waals surface area contributed by atoms with Crippen LogP contribution in [0.5, 0.6) is 0 Å². The molecule has 0 spiro atoms. The number of hydrogen-bond acceptors (Lipinski definition) is 5. The quantitative estimate of drug-likeness (QED) is 0.685. The van der Waals surface area contributed by atoms with E-state index in [1.807, 2.05) is 0 Å². The molecule has 0 aliphatic carbocycles. The number of carbonyl (C=O) groups excluding carboxylic acids is 1. The molecule has 0 amide bonds. The van der Waals surface area contributed by atoms with Gasteiger partial charge in [0.1, 0.15) is 12.2 Å². The average Bonchev–Trinajstić information content (AvgIpc) is 2.89. The number of ether oxygens (including phenoxy) is 1. The van der Waals surface area contributed by atoms with Gasteiger partial charge in [0.2, 0.25) is 0 Å². The van der Waals surface area contributed by atoms with E-state index in [1.54, 1.807) is 24.4 Å². The zero-order valence-corrected chi connectivity index (χ0v) is 11.2. The molecule has 3 aromatic rings. The lowest BCUT2D eigenvalue weighted by molar-refractivity contribution is -0.139. The first-order valence-electron chi connectivity index (χ1n) is 6.21. The maximum atomic E-state index is 13.4. The lowest BCUT2D eigenvalue weighted by atomic mass is 10.1. The predicted molar refractivity (Wildman–Crippen MR) is 71.9 cm³/mol. The van der Waals surface area contributed by atoms with Crippen LogP contribution in [0.3, 0.4) is 0 Å². The summed E-state index contributed by atoms with van der Waals surface area (Å²) < 4.78 is 19.4. The van der Waals surface area contributed by atoms with Crippen molar-refractivity contribution < 1.29 is 13.9 Å². The van der Waals surface area contributed by atoms with E-state index in [2.05, 4.69) is 19.8 Å². The topological polar surface area (TPSA) is 69.4 Å². The minimum Gasteiger partial charge on any atom is -0.469 e. The summed E-state index contributed by atoms with van der Waals surface area (Å²) in [5, 5.41) is 4.23. The fraction of sp³-hybridized carbons (Fsp3) is 0.143. The van der Waals surface area contributed by atoms with Gasteiger partial charge in [-0.1, -0.05) is 12.1 Å². The lowest BCUT2D eigenvalue weighted by Gasteiger charge is -2.03. The third-order valence-corrected chi connectivity index (χ3v) is 2.94. The van der Waals surface area contributed by atoms with Gasteiger partial charge >= 0.3 is 5.97 Å². The van der Waals surface area contributed by atoms with Crippen molar-refractivity contribution in [2.45, 2.75) is 6.42 Å². The lowest BCUT2D eigenvalue weighted by Crippen LogP contribution is -2.06. The number of nitrogens with zero attached hydrogens (tertiary/aromatic N) is 4. The number of halogens is 1. The zero-order valence-electron chi connectivity index (χ0n) is 11.2. The van der Waals surface area contributed by atoms with Crippen molar-refractivity contribution in [2.75, 3.05) is 7.11 Å². The van der Waals surface area contributed by atoms with Gasteiger partial charge in [-0.15, -0.1) is 5.10 Å². The monoisotopic (exact) mass is 286 g/mol. The van der Waals surface area contributed by atoms with Crippen molar-refractivity contribution >= 4 is 11.7 Å². The molecule has 21 heavy (non-hydrogen) atoms. The van der Waals surface area contributed by atoms with Crippen molar-refractivity contribution in [3.05, 3.63) is 48.2 Å². The molecule has 0 radical (unpaired) electrons. The van der Waals surface area contributed by atoms with E-state index in [4.69, 9.17) is 0 Å². The highest BCUT2D eigenvalue weighted by Crippen LogP contribution is 2.19. The largest absolute Gasteiger partial charge is 0.469 e. The third kappa shape index (κ3) is 2.58. The molecule has 0 saturated heterocycles. The first-order valence-corrected chi connectivity index (χ1v) is 6.21. The highest BCUT2D eigenvalue weighted by atomic mass is 19.1. The second-order valence-electron chi connectivity index (χ2n) is 4.33. The van der Waals surface area contributed by atoms with Crippen LogP contribution in [-0.4, -0.2) is 32.7 Å². The fourth-order valence-corrected chi connectivity index (χ4v) is 1.98. The number of methoxy groups -OCH3 is 1. The summed E-state index contributed by atoms with van der Waals surface area (Å²) in [6, 6.07) is 7.85. The summed E-state index contributed by atoms with van der Waals surface area (Å²) in [7, 11) is 1.30. The van der Waals surface area contributed by atoms with E-state index in [-0.39, 0.29) is 12.2 Å². The Balaban J connectivity index is 2.09. The Kier molecular flexibility index (Phi) is 3.31. The predicted octanol–water partition coefficient (Wildman–Crippen LogP) is 1.65. The van der Waals surface area contributed by atoms with Gasteiger partial charge < -0.3 is 4.74 Å². The second kappa shape index (κ2) is 5.28. The highest BCUT2D eigenvalue weighted by molar-refractivity contribution is 5.71. The Morgan fingerprint density at radius 3 is 3.00 bits per heavy atom. The van der Waals surface area contributed by atoms with Crippen LogP contribution >= 0.6 is 0 Å². The van der Waals surface area contributed by atoms with Crippen molar-refractivity contribution in [1.29, 1.82) is 0 Å². The zero-order chi connectivity index (χ0) is 14.8. The number of hydrogen-bond donors (Lipinski definition) is 0. The minimum atomic E-state index is -0.432. The van der Waals surface area contributed by atoms with Gasteiger partial charge in [0, 0.05) is 11.8 Å². The van der Waals surface area contributed by atoms with Gasteiger partial charge in [0.25, 0.3) is 5.78 Å². The van der Waals surface area contributed by atoms with Gasteiger partial charge in [-0.05, 0) is 18.2 Å². The molecule has 7 heteroatoms. The van der Waals surface area contributed by atoms with Crippen molar-refractivity contribution in [3.63, 3.8) is 0 Å². The number of carbonyl (C=O) groups is 1. The summed E-state index contributed by atoms with van der Waals surface area (Å²) in [6.45, 7) is 0. The number of benzene rings is 1. The summed E-state index contributed by atoms with van der Waals surface area (Å²) in [6.07, 6.45) is 1.52. The molecule has 1 aromatic carbocycles. The van der Waals surface area contributed by atoms with Crippen LogP contribution in [0.1, 0.15) is 5.82 Å². The first kappa shape index (κ1) is 13.2. The molecule has 106 valence electrons. The van der Waals surface area contributed by atoms with Gasteiger partial charge in [-0.3, -0.25) is 4.79 Å². The van der Waals surface area contributed by atoms with Gasteiger partial charge in [0.15, 0.2) is 5.82 Å². The molecule has 0 aliphatic heterocycles. The number of fused-ring (bicyclic) bond motifs is 1. The van der Waals surface area contributed by atoms with Crippen LogP contribution in [0.15, 0.2) is 36.5 Å². The van der Waals surface area contributed by atoms with Crippen LogP contribution in [0.25, 0.3) is 17.0 Å². The highest BCUT2D eigenvalue weighted by Gasteiger charge is 2.13. The third-order valence-electron chi connectivity index (χ3n) is 2.94. The molecule has 0 atom stereocenters. The van der Waals surface area contributed by atoms with Crippen LogP contribution < -0.4 is 0 Å². The standard InChI is InChI=1S/C14H11FN4O2/c1-21-13(20)8-12-17-14-16-6-5-11(19(14)18-12)9-3-2-4-10(15)7-9/h2-7H,8H2,1H3. The van der Waals surface area contributed by atoms with Crippen LogP contribution in [0, 0.1) is 5.82 Å². The Morgan fingerprint density at radius 2 is 2.24 bits per heavy atom. The molecular weight excluding hydrogens is 275 g/mol. The number of rotatable bonds is 3. The molecule has 0 aliphatic rings. The molecule has 0 unspecified atom stereocenters. The fourth-order valence-electron chi connectivity index (χ4n) is 1.98. The Morgan fingerprint density at radius 1 is 1.38 bits per heavy atom. The van der Waals surface area contributed by atoms with Gasteiger partial charge in [-0.25, -0.2) is 9.37 Å². The van der Waals surface area contributed by atoms with Gasteiger partial charge in [0.05, 0.1) is 12.8 Å². The Bertz CT molecular complexity index is 816. The average molecular weight is 286 g/mol. The second-order valence-corrected chi connectivity index (χ2v) is 4.33. The number of esters is 1. The van der Waals surface area contributed by atoms with Crippen molar-refractivity contribution in [3.8, 4) is 11.3 Å². The molecule has 0 N–H and O–H groups in total. The SMILES string of the molecule is COC(=O)Cc1nc2nccc(-c3cccc(F)c3)n2n1. The van der Waals surface area contributed by atoms with Crippen molar-refractivity contribution in [2.24, 2.45) is 0 Å². The Hall–Kier alpha value is -2.83. The molecule has 2 heterocycles. The summed E-state index contributed by atoms with van der Waals surface area (Å²) >= 11 is 0. The van der Waals surface area contributed by atoms with E-state index in [0.29, 0.717) is 22.9 Å². The van der Waals surface area contributed by atoms with Gasteiger partial charge in [-0.2, -0.15) is 9.50 Å². The summed E-state index contributed by atoms with van der Waals surface area (Å²) in [5.74, 6) is -0.126. The molecule has 0 saturated carbocycles. The molecule has 6 nitrogen and oxygen atoms in total. The normalized spacial score (nSPS) is 10.8. The van der Waals surface area contributed by atoms with Crippen LogP contribution in [0.4, 0.5) is 4.39 Å². The van der Waals surface area contributed by atoms with Crippen molar-refractivity contribution in [1.82, 2.24) is 19.6 Å². The number of aromatic nitrogens is 4.